The maximum atomic E-state index is 15.5. The second-order valence-electron chi connectivity index (χ2n) is 6.02. The van der Waals surface area contributed by atoms with Gasteiger partial charge < -0.3 is 35.6 Å². The minimum absolute atomic E-state index is 0.0306. The standard InChI is InChI=1S/C15H21ClFN3O5S/c1-6(2)9(18)14(23)24-5-15(17)11(22)10(21)13(25-15)20-4-8(16)12(26)19-7(20)3/h4,6,9-11,13,21-22H,3,5,18H2,1-2H3,(H,19,26)/t9-,10+,11-,13+,15+/m0/s1/i5D2,13D. The van der Waals surface area contributed by atoms with Crippen LogP contribution in [0.3, 0.4) is 0 Å². The fraction of sp³-hybridized carbons (Fsp3) is 0.600. The first kappa shape index (κ1) is 16.8. The Morgan fingerprint density at radius 3 is 2.96 bits per heavy atom. The number of nitrogens with one attached hydrogen (secondary N) is 1. The summed E-state index contributed by atoms with van der Waals surface area (Å²) >= 11 is 10.8. The Morgan fingerprint density at radius 2 is 2.38 bits per heavy atom. The maximum absolute atomic E-state index is 15.5. The molecule has 0 aromatic carbocycles. The smallest absolute Gasteiger partial charge is 0.323 e. The molecule has 0 radical (unpaired) electrons. The number of halogens is 2. The third kappa shape index (κ3) is 4.00. The lowest BCUT2D eigenvalue weighted by atomic mass is 10.1. The minimum Gasteiger partial charge on any atom is -0.458 e. The van der Waals surface area contributed by atoms with Crippen LogP contribution in [0.25, 0.3) is 0 Å². The van der Waals surface area contributed by atoms with E-state index < -0.39 is 48.8 Å². The number of carbonyl (C=O) groups excluding carboxylic acids is 1. The Bertz CT molecular complexity index is 775. The third-order valence-corrected chi connectivity index (χ3v) is 4.43. The van der Waals surface area contributed by atoms with Gasteiger partial charge in [-0.05, 0) is 5.92 Å². The molecular weight excluding hydrogens is 389 g/mol. The van der Waals surface area contributed by atoms with Gasteiger partial charge in [0.2, 0.25) is 0 Å². The molecule has 0 aromatic rings. The predicted octanol–water partition coefficient (Wildman–Crippen LogP) is 0.0408. The van der Waals surface area contributed by atoms with E-state index in [0.29, 0.717) is 0 Å². The van der Waals surface area contributed by atoms with Crippen molar-refractivity contribution in [2.45, 2.75) is 44.2 Å². The lowest BCUT2D eigenvalue weighted by molar-refractivity contribution is -0.219. The van der Waals surface area contributed by atoms with Crippen molar-refractivity contribution in [1.29, 1.82) is 0 Å². The van der Waals surface area contributed by atoms with E-state index in [1.165, 1.54) is 0 Å². The van der Waals surface area contributed by atoms with Crippen molar-refractivity contribution in [3.05, 3.63) is 23.6 Å². The Kier molecular flexibility index (Phi) is 5.02. The number of hydrogen-bond donors (Lipinski definition) is 4. The van der Waals surface area contributed by atoms with E-state index in [1.54, 1.807) is 13.8 Å². The van der Waals surface area contributed by atoms with E-state index >= 15 is 4.39 Å². The topological polar surface area (TPSA) is 117 Å². The van der Waals surface area contributed by atoms with Gasteiger partial charge in [0, 0.05) is 6.20 Å². The Balaban J connectivity index is 2.39. The zero-order chi connectivity index (χ0) is 22.5. The average molecular weight is 413 g/mol. The van der Waals surface area contributed by atoms with Crippen LogP contribution < -0.4 is 11.1 Å². The number of hydrogen-bond acceptors (Lipinski definition) is 8. The van der Waals surface area contributed by atoms with Crippen LogP contribution in [0.2, 0.25) is 0 Å². The Labute approximate surface area is 164 Å². The molecule has 0 aliphatic carbocycles. The third-order valence-electron chi connectivity index (χ3n) is 3.71. The van der Waals surface area contributed by atoms with Crippen LogP contribution in [0.5, 0.6) is 0 Å². The molecular formula is C15H21ClFN3O5S. The number of esters is 1. The van der Waals surface area contributed by atoms with Gasteiger partial charge in [-0.25, -0.2) is 4.39 Å². The van der Waals surface area contributed by atoms with Crippen molar-refractivity contribution in [3.8, 4) is 0 Å². The van der Waals surface area contributed by atoms with Crippen LogP contribution in [-0.4, -0.2) is 62.9 Å². The summed E-state index contributed by atoms with van der Waals surface area (Å²) in [6, 6.07) is -1.29. The van der Waals surface area contributed by atoms with E-state index in [4.69, 9.17) is 38.4 Å². The molecule has 1 saturated heterocycles. The number of nitrogens with zero attached hydrogens (tertiary/aromatic N) is 1. The zero-order valence-electron chi connectivity index (χ0n) is 16.9. The lowest BCUT2D eigenvalue weighted by Gasteiger charge is -2.34. The second-order valence-corrected chi connectivity index (χ2v) is 6.83. The van der Waals surface area contributed by atoms with Crippen molar-refractivity contribution < 1.29 is 33.0 Å². The lowest BCUT2D eigenvalue weighted by Crippen LogP contribution is -2.47. The zero-order valence-corrected chi connectivity index (χ0v) is 15.5. The van der Waals surface area contributed by atoms with Crippen molar-refractivity contribution in [1.82, 2.24) is 10.2 Å². The highest BCUT2D eigenvalue weighted by molar-refractivity contribution is 7.81. The van der Waals surface area contributed by atoms with Gasteiger partial charge in [0.05, 0.1) is 9.14 Å². The molecule has 5 N–H and O–H groups in total. The van der Waals surface area contributed by atoms with Crippen LogP contribution in [0.4, 0.5) is 4.39 Å². The van der Waals surface area contributed by atoms with Crippen molar-refractivity contribution >= 4 is 34.8 Å². The molecule has 146 valence electrons. The summed E-state index contributed by atoms with van der Waals surface area (Å²) in [5.74, 6) is -5.75. The molecule has 26 heavy (non-hydrogen) atoms. The molecule has 0 bridgehead atoms. The molecule has 2 aliphatic rings. The van der Waals surface area contributed by atoms with Crippen molar-refractivity contribution in [3.63, 3.8) is 0 Å². The fourth-order valence-electron chi connectivity index (χ4n) is 2.04. The van der Waals surface area contributed by atoms with Crippen LogP contribution in [0, 0.1) is 5.92 Å². The molecule has 2 rings (SSSR count). The number of ether oxygens (including phenoxy) is 2. The summed E-state index contributed by atoms with van der Waals surface area (Å²) in [5.41, 5.74) is 5.57. The average Bonchev–Trinajstić information content (AvgIpc) is 2.79. The van der Waals surface area contributed by atoms with Crippen LogP contribution in [-0.2, 0) is 14.3 Å². The predicted molar refractivity (Wildman–Crippen MR) is 95.1 cm³/mol. The Hall–Kier alpha value is -1.30. The molecule has 1 fully saturated rings. The van der Waals surface area contributed by atoms with Gasteiger partial charge in [-0.2, -0.15) is 0 Å². The van der Waals surface area contributed by atoms with Gasteiger partial charge in [0.15, 0.2) is 12.8 Å². The summed E-state index contributed by atoms with van der Waals surface area (Å²) in [7, 11) is 0. The number of nitrogens with two attached hydrogens (primary N) is 1. The number of rotatable bonds is 5. The molecule has 0 unspecified atom stereocenters. The number of thiocarbonyl (C=S) groups is 1. The van der Waals surface area contributed by atoms with E-state index in [9.17, 15) is 15.0 Å². The van der Waals surface area contributed by atoms with Crippen LogP contribution in [0.1, 0.15) is 18.0 Å². The minimum atomic E-state index is -3.83. The first-order valence-corrected chi connectivity index (χ1v) is 8.27. The number of aliphatic hydroxyl groups is 2. The summed E-state index contributed by atoms with van der Waals surface area (Å²) in [6.07, 6.45) is -6.82. The summed E-state index contributed by atoms with van der Waals surface area (Å²) in [5, 5.41) is 22.9. The van der Waals surface area contributed by atoms with Gasteiger partial charge >= 0.3 is 5.97 Å². The molecule has 0 aromatic heterocycles. The van der Waals surface area contributed by atoms with E-state index in [2.05, 4.69) is 16.6 Å². The largest absolute Gasteiger partial charge is 0.458 e. The van der Waals surface area contributed by atoms with Gasteiger partial charge in [-0.3, -0.25) is 4.79 Å². The fourth-order valence-corrected chi connectivity index (χ4v) is 2.36. The molecule has 8 nitrogen and oxygen atoms in total. The molecule has 0 spiro atoms. The summed E-state index contributed by atoms with van der Waals surface area (Å²) in [4.78, 5) is 12.8. The van der Waals surface area contributed by atoms with Crippen molar-refractivity contribution in [2.24, 2.45) is 11.7 Å². The SMILES string of the molecule is [2H]C([2H])(OC(=O)[C@@H](N)C(C)C)[C@@]1(F)O[C@@]([2H])(N2C=C(Cl)C(=S)NC2=C)[C@H](O)[C@@H]1O. The number of alkyl halides is 1. The summed E-state index contributed by atoms with van der Waals surface area (Å²) in [6.45, 7) is 3.04. The monoisotopic (exact) mass is 412 g/mol. The number of aliphatic hydroxyl groups excluding tert-OH is 2. The molecule has 0 amide bonds. The first-order valence-electron chi connectivity index (χ1n) is 8.99. The normalized spacial score (nSPS) is 38.2. The molecule has 5 atom stereocenters. The van der Waals surface area contributed by atoms with E-state index in [1.807, 2.05) is 0 Å². The van der Waals surface area contributed by atoms with Crippen molar-refractivity contribution in [2.75, 3.05) is 6.56 Å². The van der Waals surface area contributed by atoms with Crippen LogP contribution >= 0.6 is 23.8 Å². The summed E-state index contributed by atoms with van der Waals surface area (Å²) < 4.78 is 48.8. The van der Waals surface area contributed by atoms with Gasteiger partial charge in [-0.15, -0.1) is 0 Å². The molecule has 2 aliphatic heterocycles. The molecule has 11 heteroatoms. The maximum Gasteiger partial charge on any atom is 0.323 e. The van der Waals surface area contributed by atoms with Gasteiger partial charge in [0.1, 0.15) is 29.1 Å². The van der Waals surface area contributed by atoms with E-state index in [0.717, 1.165) is 11.1 Å². The molecule has 2 heterocycles. The quantitative estimate of drug-likeness (QED) is 0.366. The Morgan fingerprint density at radius 1 is 1.77 bits per heavy atom. The van der Waals surface area contributed by atoms with Gasteiger partial charge in [-0.1, -0.05) is 44.2 Å². The molecule has 0 saturated carbocycles. The van der Waals surface area contributed by atoms with Crippen LogP contribution in [0.15, 0.2) is 23.6 Å². The van der Waals surface area contributed by atoms with Gasteiger partial charge in [0.25, 0.3) is 5.85 Å². The second kappa shape index (κ2) is 7.75. The number of carbonyl (C=O) groups is 1. The highest BCUT2D eigenvalue weighted by Gasteiger charge is 2.58. The highest BCUT2D eigenvalue weighted by Crippen LogP contribution is 2.37. The van der Waals surface area contributed by atoms with E-state index in [-0.39, 0.29) is 15.8 Å². The first-order chi connectivity index (χ1) is 13.1. The highest BCUT2D eigenvalue weighted by atomic mass is 35.5.